The van der Waals surface area contributed by atoms with Gasteiger partial charge in [0.05, 0.1) is 18.1 Å². The molecular formula is C15H11N3O4S. The van der Waals surface area contributed by atoms with Crippen LogP contribution in [0.2, 0.25) is 0 Å². The topological polar surface area (TPSA) is 100 Å². The van der Waals surface area contributed by atoms with Crippen LogP contribution >= 0.6 is 12.2 Å². The van der Waals surface area contributed by atoms with Crippen molar-refractivity contribution in [1.82, 2.24) is 9.97 Å². The van der Waals surface area contributed by atoms with Gasteiger partial charge in [-0.25, -0.2) is 4.99 Å². The summed E-state index contributed by atoms with van der Waals surface area (Å²) in [6.45, 7) is 0. The van der Waals surface area contributed by atoms with Crippen LogP contribution in [0.5, 0.6) is 5.75 Å². The van der Waals surface area contributed by atoms with Crippen molar-refractivity contribution in [3.05, 3.63) is 61.4 Å². The SMILES string of the molecule is COc1ccc2c(=O)c(/C=N/c3cc(=O)[nH]c(=S)[nH]3)coc2c1. The molecule has 2 heterocycles. The Labute approximate surface area is 134 Å². The summed E-state index contributed by atoms with van der Waals surface area (Å²) in [5.74, 6) is 0.839. The van der Waals surface area contributed by atoms with E-state index in [0.29, 0.717) is 16.7 Å². The van der Waals surface area contributed by atoms with E-state index < -0.39 is 0 Å². The predicted molar refractivity (Wildman–Crippen MR) is 88.5 cm³/mol. The highest BCUT2D eigenvalue weighted by Gasteiger charge is 2.06. The molecule has 3 aromatic rings. The standard InChI is InChI=1S/C15H11N3O4S/c1-21-9-2-3-10-11(4-9)22-7-8(14(10)20)6-16-12-5-13(19)18-15(23)17-12/h2-7H,1H3,(H2,17,18,19,23)/b16-6+. The van der Waals surface area contributed by atoms with E-state index in [1.54, 1.807) is 18.2 Å². The summed E-state index contributed by atoms with van der Waals surface area (Å²) in [5.41, 5.74) is 0.0592. The van der Waals surface area contributed by atoms with Gasteiger partial charge in [0.15, 0.2) is 4.77 Å². The van der Waals surface area contributed by atoms with Gasteiger partial charge in [-0.05, 0) is 24.4 Å². The van der Waals surface area contributed by atoms with Crippen LogP contribution in [0.15, 0.2) is 49.5 Å². The fourth-order valence-corrected chi connectivity index (χ4v) is 2.21. The zero-order valence-electron chi connectivity index (χ0n) is 12.0. The summed E-state index contributed by atoms with van der Waals surface area (Å²) in [6.07, 6.45) is 2.62. The molecule has 3 rings (SSSR count). The quantitative estimate of drug-likeness (QED) is 0.567. The number of aliphatic imine (C=N–C) groups is 1. The van der Waals surface area contributed by atoms with Gasteiger partial charge in [0.1, 0.15) is 23.4 Å². The Morgan fingerprint density at radius 1 is 1.26 bits per heavy atom. The molecule has 8 heteroatoms. The Kier molecular flexibility index (Phi) is 3.90. The number of benzene rings is 1. The number of aromatic nitrogens is 2. The van der Waals surface area contributed by atoms with E-state index in [2.05, 4.69) is 15.0 Å². The molecule has 0 atom stereocenters. The summed E-state index contributed by atoms with van der Waals surface area (Å²) in [4.78, 5) is 32.9. The Bertz CT molecular complexity index is 1050. The van der Waals surface area contributed by atoms with E-state index in [4.69, 9.17) is 21.4 Å². The minimum absolute atomic E-state index is 0.155. The van der Waals surface area contributed by atoms with Crippen LogP contribution in [0, 0.1) is 4.77 Å². The number of nitrogens with zero attached hydrogens (tertiary/aromatic N) is 1. The molecular weight excluding hydrogens is 318 g/mol. The molecule has 0 spiro atoms. The summed E-state index contributed by atoms with van der Waals surface area (Å²) in [7, 11) is 1.53. The average molecular weight is 329 g/mol. The van der Waals surface area contributed by atoms with E-state index in [1.807, 2.05) is 0 Å². The second kappa shape index (κ2) is 6.01. The highest BCUT2D eigenvalue weighted by atomic mass is 32.1. The molecule has 2 aromatic heterocycles. The fraction of sp³-hybridized carbons (Fsp3) is 0.0667. The number of nitrogens with one attached hydrogen (secondary N) is 2. The Hall–Kier alpha value is -3.00. The summed E-state index contributed by atoms with van der Waals surface area (Å²) in [6, 6.07) is 6.16. The van der Waals surface area contributed by atoms with E-state index in [1.165, 1.54) is 25.7 Å². The highest BCUT2D eigenvalue weighted by Crippen LogP contribution is 2.18. The van der Waals surface area contributed by atoms with Crippen molar-refractivity contribution in [2.24, 2.45) is 4.99 Å². The Balaban J connectivity index is 2.05. The van der Waals surface area contributed by atoms with E-state index in [0.717, 1.165) is 0 Å². The molecule has 7 nitrogen and oxygen atoms in total. The third-order valence-electron chi connectivity index (χ3n) is 3.10. The molecule has 0 aliphatic rings. The third kappa shape index (κ3) is 3.11. The van der Waals surface area contributed by atoms with Crippen LogP contribution in [0.3, 0.4) is 0 Å². The lowest BCUT2D eigenvalue weighted by atomic mass is 10.2. The van der Waals surface area contributed by atoms with Gasteiger partial charge in [0, 0.05) is 18.3 Å². The van der Waals surface area contributed by atoms with Crippen molar-refractivity contribution in [2.75, 3.05) is 7.11 Å². The molecule has 0 radical (unpaired) electrons. The summed E-state index contributed by atoms with van der Waals surface area (Å²) >= 11 is 4.85. The minimum Gasteiger partial charge on any atom is -0.497 e. The first kappa shape index (κ1) is 14.9. The van der Waals surface area contributed by atoms with E-state index in [9.17, 15) is 9.59 Å². The Morgan fingerprint density at radius 2 is 2.09 bits per heavy atom. The first-order valence-corrected chi connectivity index (χ1v) is 6.95. The smallest absolute Gasteiger partial charge is 0.253 e. The van der Waals surface area contributed by atoms with Crippen molar-refractivity contribution in [1.29, 1.82) is 0 Å². The molecule has 0 aliphatic heterocycles. The zero-order valence-corrected chi connectivity index (χ0v) is 12.8. The second-order valence-corrected chi connectivity index (χ2v) is 5.02. The van der Waals surface area contributed by atoms with E-state index >= 15 is 0 Å². The van der Waals surface area contributed by atoms with Gasteiger partial charge in [0.2, 0.25) is 5.43 Å². The second-order valence-electron chi connectivity index (χ2n) is 4.61. The van der Waals surface area contributed by atoms with Gasteiger partial charge in [-0.1, -0.05) is 0 Å². The molecule has 0 amide bonds. The molecule has 0 aliphatic carbocycles. The molecule has 116 valence electrons. The first-order valence-electron chi connectivity index (χ1n) is 6.54. The maximum Gasteiger partial charge on any atom is 0.253 e. The van der Waals surface area contributed by atoms with Gasteiger partial charge in [0.25, 0.3) is 5.56 Å². The number of rotatable bonds is 3. The largest absolute Gasteiger partial charge is 0.497 e. The maximum atomic E-state index is 12.4. The number of ether oxygens (including phenoxy) is 1. The summed E-state index contributed by atoms with van der Waals surface area (Å²) in [5, 5.41) is 0.411. The van der Waals surface area contributed by atoms with Crippen molar-refractivity contribution < 1.29 is 9.15 Å². The van der Waals surface area contributed by atoms with Gasteiger partial charge in [-0.2, -0.15) is 0 Å². The molecule has 2 N–H and O–H groups in total. The van der Waals surface area contributed by atoms with Gasteiger partial charge in [-0.15, -0.1) is 0 Å². The molecule has 0 saturated heterocycles. The zero-order chi connectivity index (χ0) is 16.4. The van der Waals surface area contributed by atoms with Crippen LogP contribution in [0.4, 0.5) is 5.82 Å². The van der Waals surface area contributed by atoms with Crippen LogP contribution < -0.4 is 15.7 Å². The van der Waals surface area contributed by atoms with Crippen molar-refractivity contribution in [3.8, 4) is 5.75 Å². The molecule has 0 bridgehead atoms. The van der Waals surface area contributed by atoms with Gasteiger partial charge >= 0.3 is 0 Å². The van der Waals surface area contributed by atoms with Crippen molar-refractivity contribution in [2.45, 2.75) is 0 Å². The van der Waals surface area contributed by atoms with E-state index in [-0.39, 0.29) is 27.1 Å². The highest BCUT2D eigenvalue weighted by molar-refractivity contribution is 7.71. The number of aromatic amines is 2. The first-order chi connectivity index (χ1) is 11.1. The lowest BCUT2D eigenvalue weighted by Crippen LogP contribution is -2.08. The molecule has 0 unspecified atom stereocenters. The molecule has 0 saturated carbocycles. The number of fused-ring (bicyclic) bond motifs is 1. The van der Waals surface area contributed by atoms with Crippen LogP contribution in [-0.2, 0) is 0 Å². The number of hydrogen-bond acceptors (Lipinski definition) is 6. The number of hydrogen-bond donors (Lipinski definition) is 2. The molecule has 1 aromatic carbocycles. The molecule has 0 fully saturated rings. The monoisotopic (exact) mass is 329 g/mol. The fourth-order valence-electron chi connectivity index (χ4n) is 2.00. The average Bonchev–Trinajstić information content (AvgIpc) is 2.53. The van der Waals surface area contributed by atoms with Crippen LogP contribution in [0.25, 0.3) is 11.0 Å². The lowest BCUT2D eigenvalue weighted by Gasteiger charge is -2.01. The number of H-pyrrole nitrogens is 2. The Morgan fingerprint density at radius 3 is 2.83 bits per heavy atom. The lowest BCUT2D eigenvalue weighted by molar-refractivity contribution is 0.414. The molecule has 23 heavy (non-hydrogen) atoms. The third-order valence-corrected chi connectivity index (χ3v) is 3.30. The van der Waals surface area contributed by atoms with Gasteiger partial charge < -0.3 is 14.1 Å². The van der Waals surface area contributed by atoms with Gasteiger partial charge in [-0.3, -0.25) is 14.6 Å². The predicted octanol–water partition coefficient (Wildman–Crippen LogP) is 2.30. The van der Waals surface area contributed by atoms with Crippen LogP contribution in [0.1, 0.15) is 5.56 Å². The maximum absolute atomic E-state index is 12.4. The summed E-state index contributed by atoms with van der Waals surface area (Å²) < 4.78 is 10.7. The van der Waals surface area contributed by atoms with Crippen LogP contribution in [-0.4, -0.2) is 23.3 Å². The van der Waals surface area contributed by atoms with Crippen molar-refractivity contribution >= 4 is 35.2 Å². The normalized spacial score (nSPS) is 11.2. The number of methoxy groups -OCH3 is 1. The van der Waals surface area contributed by atoms with Crippen molar-refractivity contribution in [3.63, 3.8) is 0 Å². The minimum atomic E-state index is -0.376.